The van der Waals surface area contributed by atoms with Crippen molar-refractivity contribution in [3.05, 3.63) is 47.6 Å². The molecule has 1 aromatic carbocycles. The molecule has 148 valence electrons. The summed E-state index contributed by atoms with van der Waals surface area (Å²) in [5, 5.41) is 6.06. The second kappa shape index (κ2) is 9.25. The zero-order valence-corrected chi connectivity index (χ0v) is 18.2. The molecule has 4 nitrogen and oxygen atoms in total. The van der Waals surface area contributed by atoms with Gasteiger partial charge in [0.25, 0.3) is 0 Å². The van der Waals surface area contributed by atoms with Crippen molar-refractivity contribution in [2.45, 2.75) is 49.6 Å². The van der Waals surface area contributed by atoms with Gasteiger partial charge in [-0.3, -0.25) is 0 Å². The Labute approximate surface area is 175 Å². The number of piperidine rings is 1. The number of thioether (sulfide) groups is 1. The van der Waals surface area contributed by atoms with Crippen LogP contribution in [0, 0.1) is 0 Å². The zero-order chi connectivity index (χ0) is 19.3. The van der Waals surface area contributed by atoms with Gasteiger partial charge in [-0.2, -0.15) is 0 Å². The summed E-state index contributed by atoms with van der Waals surface area (Å²) in [6.45, 7) is 4.43. The number of benzene rings is 1. The normalized spacial score (nSPS) is 16.6. The Morgan fingerprint density at radius 2 is 2.00 bits per heavy atom. The maximum atomic E-state index is 4.62. The molecule has 3 aromatic rings. The second-order valence-corrected chi connectivity index (χ2v) is 9.26. The van der Waals surface area contributed by atoms with Crippen LogP contribution in [-0.2, 0) is 6.42 Å². The number of anilines is 1. The molecule has 1 saturated heterocycles. The lowest BCUT2D eigenvalue weighted by atomic mass is 10.0. The van der Waals surface area contributed by atoms with Crippen molar-refractivity contribution in [2.75, 3.05) is 24.2 Å². The summed E-state index contributed by atoms with van der Waals surface area (Å²) in [5.74, 6) is 1.12. The molecule has 0 amide bonds. The fourth-order valence-electron chi connectivity index (χ4n) is 3.96. The predicted octanol–water partition coefficient (Wildman–Crippen LogP) is 4.99. The Balaban J connectivity index is 1.30. The first kappa shape index (κ1) is 19.7. The minimum atomic E-state index is 0.545. The first-order chi connectivity index (χ1) is 13.7. The van der Waals surface area contributed by atoms with E-state index >= 15 is 0 Å². The van der Waals surface area contributed by atoms with E-state index in [-0.39, 0.29) is 0 Å². The molecule has 2 aromatic heterocycles. The minimum absolute atomic E-state index is 0.545. The van der Waals surface area contributed by atoms with Crippen LogP contribution in [0.2, 0.25) is 0 Å². The van der Waals surface area contributed by atoms with Gasteiger partial charge >= 0.3 is 0 Å². The molecule has 28 heavy (non-hydrogen) atoms. The molecule has 1 N–H and O–H groups in total. The molecule has 1 fully saturated rings. The summed E-state index contributed by atoms with van der Waals surface area (Å²) in [6, 6.07) is 11.9. The largest absolute Gasteiger partial charge is 0.355 e. The van der Waals surface area contributed by atoms with E-state index in [1.165, 1.54) is 34.4 Å². The molecule has 0 radical (unpaired) electrons. The zero-order valence-electron chi connectivity index (χ0n) is 16.6. The molecule has 1 aliphatic rings. The van der Waals surface area contributed by atoms with Crippen molar-refractivity contribution < 1.29 is 0 Å². The summed E-state index contributed by atoms with van der Waals surface area (Å²) in [4.78, 5) is 12.8. The number of thiophene rings is 1. The Kier molecular flexibility index (Phi) is 6.50. The second-order valence-electron chi connectivity index (χ2n) is 7.53. The molecular weight excluding hydrogens is 384 g/mol. The predicted molar refractivity (Wildman–Crippen MR) is 122 cm³/mol. The third-order valence-corrected chi connectivity index (χ3v) is 7.41. The van der Waals surface area contributed by atoms with E-state index in [4.69, 9.17) is 0 Å². The number of nitrogens with zero attached hydrogens (tertiary/aromatic N) is 3. The Morgan fingerprint density at radius 1 is 1.21 bits per heavy atom. The van der Waals surface area contributed by atoms with Gasteiger partial charge in [-0.25, -0.2) is 9.97 Å². The molecule has 3 heterocycles. The maximum Gasteiger partial charge on any atom is 0.150 e. The molecule has 0 spiro atoms. The van der Waals surface area contributed by atoms with E-state index in [9.17, 15) is 0 Å². The van der Waals surface area contributed by atoms with Gasteiger partial charge < -0.3 is 10.2 Å². The Morgan fingerprint density at radius 3 is 2.75 bits per heavy atom. The smallest absolute Gasteiger partial charge is 0.150 e. The molecular formula is C22H28N4S2. The fourth-order valence-corrected chi connectivity index (χ4v) is 5.80. The van der Waals surface area contributed by atoms with E-state index in [1.54, 1.807) is 29.4 Å². The van der Waals surface area contributed by atoms with E-state index in [2.05, 4.69) is 69.1 Å². The number of hydrogen-bond acceptors (Lipinski definition) is 6. The first-order valence-electron chi connectivity index (χ1n) is 10.1. The van der Waals surface area contributed by atoms with Crippen molar-refractivity contribution in [3.63, 3.8) is 0 Å². The van der Waals surface area contributed by atoms with Crippen molar-refractivity contribution in [1.82, 2.24) is 15.3 Å². The van der Waals surface area contributed by atoms with Gasteiger partial charge in [0.15, 0.2) is 0 Å². The van der Waals surface area contributed by atoms with Crippen molar-refractivity contribution in [3.8, 4) is 0 Å². The van der Waals surface area contributed by atoms with Gasteiger partial charge in [-0.15, -0.1) is 23.1 Å². The van der Waals surface area contributed by atoms with Crippen LogP contribution >= 0.6 is 23.1 Å². The topological polar surface area (TPSA) is 41.0 Å². The standard InChI is InChI=1S/C22H28N4S2/c1-16(8-9-17-6-4-3-5-7-17)25-18-10-12-26(13-11-18)22-21-20(23-15-24-22)19(27-2)14-28-21/h3-7,14-16,18,25H,8-13H2,1-2H3. The van der Waals surface area contributed by atoms with Crippen LogP contribution in [0.15, 0.2) is 46.9 Å². The van der Waals surface area contributed by atoms with Crippen LogP contribution < -0.4 is 10.2 Å². The van der Waals surface area contributed by atoms with Gasteiger partial charge in [0, 0.05) is 35.4 Å². The Bertz CT molecular complexity index is 888. The van der Waals surface area contributed by atoms with Crippen LogP contribution in [0.3, 0.4) is 0 Å². The fraction of sp³-hybridized carbons (Fsp3) is 0.455. The molecule has 6 heteroatoms. The summed E-state index contributed by atoms with van der Waals surface area (Å²) in [6.07, 6.45) is 8.50. The van der Waals surface area contributed by atoms with Gasteiger partial charge in [0.1, 0.15) is 17.7 Å². The van der Waals surface area contributed by atoms with Gasteiger partial charge in [0.05, 0.1) is 4.70 Å². The molecule has 1 aliphatic heterocycles. The first-order valence-corrected chi connectivity index (χ1v) is 12.2. The van der Waals surface area contributed by atoms with E-state index in [1.807, 2.05) is 0 Å². The van der Waals surface area contributed by atoms with Crippen LogP contribution in [-0.4, -0.2) is 41.4 Å². The molecule has 1 atom stereocenters. The van der Waals surface area contributed by atoms with Crippen LogP contribution in [0.25, 0.3) is 10.2 Å². The highest BCUT2D eigenvalue weighted by Gasteiger charge is 2.23. The highest BCUT2D eigenvalue weighted by atomic mass is 32.2. The SMILES string of the molecule is CSc1csc2c(N3CCC(NC(C)CCc4ccccc4)CC3)ncnc12. The molecule has 0 saturated carbocycles. The lowest BCUT2D eigenvalue weighted by molar-refractivity contribution is 0.366. The quantitative estimate of drug-likeness (QED) is 0.554. The summed E-state index contributed by atoms with van der Waals surface area (Å²) >= 11 is 3.53. The summed E-state index contributed by atoms with van der Waals surface area (Å²) < 4.78 is 1.23. The number of rotatable bonds is 7. The number of aryl methyl sites for hydroxylation is 1. The van der Waals surface area contributed by atoms with Crippen molar-refractivity contribution >= 4 is 39.1 Å². The Hall–Kier alpha value is -1.63. The van der Waals surface area contributed by atoms with Crippen LogP contribution in [0.4, 0.5) is 5.82 Å². The maximum absolute atomic E-state index is 4.62. The summed E-state index contributed by atoms with van der Waals surface area (Å²) in [5.41, 5.74) is 2.54. The number of hydrogen-bond donors (Lipinski definition) is 1. The molecule has 1 unspecified atom stereocenters. The lowest BCUT2D eigenvalue weighted by Gasteiger charge is -2.34. The average Bonchev–Trinajstić information content (AvgIpc) is 3.17. The summed E-state index contributed by atoms with van der Waals surface area (Å²) in [7, 11) is 0. The monoisotopic (exact) mass is 412 g/mol. The number of nitrogens with one attached hydrogen (secondary N) is 1. The molecule has 0 bridgehead atoms. The van der Waals surface area contributed by atoms with Crippen molar-refractivity contribution in [1.29, 1.82) is 0 Å². The van der Waals surface area contributed by atoms with Gasteiger partial charge in [-0.1, -0.05) is 30.3 Å². The van der Waals surface area contributed by atoms with Gasteiger partial charge in [-0.05, 0) is 44.4 Å². The third-order valence-electron chi connectivity index (χ3n) is 5.55. The van der Waals surface area contributed by atoms with E-state index < -0.39 is 0 Å². The van der Waals surface area contributed by atoms with Crippen molar-refractivity contribution in [2.24, 2.45) is 0 Å². The van der Waals surface area contributed by atoms with Crippen LogP contribution in [0.5, 0.6) is 0 Å². The molecule has 0 aliphatic carbocycles. The highest BCUT2D eigenvalue weighted by Crippen LogP contribution is 2.36. The van der Waals surface area contributed by atoms with E-state index in [0.29, 0.717) is 12.1 Å². The van der Waals surface area contributed by atoms with E-state index in [0.717, 1.165) is 30.8 Å². The molecule has 4 rings (SSSR count). The number of fused-ring (bicyclic) bond motifs is 1. The minimum Gasteiger partial charge on any atom is -0.355 e. The van der Waals surface area contributed by atoms with Crippen LogP contribution in [0.1, 0.15) is 31.7 Å². The third kappa shape index (κ3) is 4.50. The number of aromatic nitrogens is 2. The lowest BCUT2D eigenvalue weighted by Crippen LogP contribution is -2.45. The van der Waals surface area contributed by atoms with Gasteiger partial charge in [0.2, 0.25) is 0 Å². The average molecular weight is 413 g/mol. The highest BCUT2D eigenvalue weighted by molar-refractivity contribution is 7.99.